The summed E-state index contributed by atoms with van der Waals surface area (Å²) in [5.74, 6) is -0.229. The van der Waals surface area contributed by atoms with Gasteiger partial charge in [0.2, 0.25) is 5.60 Å². The Morgan fingerprint density at radius 2 is 1.48 bits per heavy atom. The zero-order valence-corrected chi connectivity index (χ0v) is 17.8. The Kier molecular flexibility index (Phi) is 4.30. The molecule has 1 aromatic carbocycles. The number of allylic oxidation sites excluding steroid dienone is 1. The van der Waals surface area contributed by atoms with Gasteiger partial charge >= 0.3 is 0 Å². The predicted molar refractivity (Wildman–Crippen MR) is 108 cm³/mol. The van der Waals surface area contributed by atoms with E-state index in [1.807, 2.05) is 45.9 Å². The fourth-order valence-corrected chi connectivity index (χ4v) is 5.21. The first-order chi connectivity index (χ1) is 13.5. The number of methoxy groups -OCH3 is 1. The molecule has 154 valence electrons. The van der Waals surface area contributed by atoms with Gasteiger partial charge in [0, 0.05) is 36.8 Å². The fraction of sp³-hybridized carbons (Fsp3) is 0.542. The number of ether oxygens (including phenoxy) is 2. The molecule has 5 nitrogen and oxygen atoms in total. The van der Waals surface area contributed by atoms with E-state index in [-0.39, 0.29) is 35.6 Å². The SMILES string of the molecule is COc1ccccc1C1C2=C(CC(C)(C)CC2=O)OC12C(=O)CC(C)(C)CC2=O. The van der Waals surface area contributed by atoms with Gasteiger partial charge in [0.1, 0.15) is 11.5 Å². The number of hydrogen-bond acceptors (Lipinski definition) is 5. The van der Waals surface area contributed by atoms with Crippen LogP contribution in [0.1, 0.15) is 64.9 Å². The molecule has 0 saturated heterocycles. The van der Waals surface area contributed by atoms with Crippen LogP contribution in [0, 0.1) is 10.8 Å². The van der Waals surface area contributed by atoms with Crippen molar-refractivity contribution in [3.05, 3.63) is 41.2 Å². The third kappa shape index (κ3) is 2.93. The zero-order chi connectivity index (χ0) is 21.2. The monoisotopic (exact) mass is 396 g/mol. The van der Waals surface area contributed by atoms with Crippen molar-refractivity contribution in [2.24, 2.45) is 10.8 Å². The number of rotatable bonds is 2. The van der Waals surface area contributed by atoms with Gasteiger partial charge in [0.05, 0.1) is 13.0 Å². The molecule has 1 spiro atoms. The largest absolute Gasteiger partial charge is 0.496 e. The van der Waals surface area contributed by atoms with Crippen LogP contribution in [-0.4, -0.2) is 30.1 Å². The van der Waals surface area contributed by atoms with E-state index in [1.165, 1.54) is 0 Å². The van der Waals surface area contributed by atoms with E-state index in [1.54, 1.807) is 13.2 Å². The first kappa shape index (κ1) is 19.9. The maximum atomic E-state index is 13.5. The second kappa shape index (κ2) is 6.28. The maximum absolute atomic E-state index is 13.5. The molecule has 1 heterocycles. The Morgan fingerprint density at radius 1 is 0.897 bits per heavy atom. The van der Waals surface area contributed by atoms with Crippen molar-refractivity contribution < 1.29 is 23.9 Å². The smallest absolute Gasteiger partial charge is 0.235 e. The van der Waals surface area contributed by atoms with Gasteiger partial charge in [-0.3, -0.25) is 14.4 Å². The highest BCUT2D eigenvalue weighted by atomic mass is 16.5. The van der Waals surface area contributed by atoms with Gasteiger partial charge < -0.3 is 9.47 Å². The van der Waals surface area contributed by atoms with Crippen molar-refractivity contribution in [1.82, 2.24) is 0 Å². The lowest BCUT2D eigenvalue weighted by Crippen LogP contribution is -2.57. The Balaban J connectivity index is 1.95. The van der Waals surface area contributed by atoms with E-state index in [2.05, 4.69) is 0 Å². The summed E-state index contributed by atoms with van der Waals surface area (Å²) in [5.41, 5.74) is -1.21. The van der Waals surface area contributed by atoms with Crippen LogP contribution in [0.25, 0.3) is 0 Å². The number of Topliss-reactive ketones (excluding diaryl/α,β-unsaturated/α-hetero) is 3. The molecule has 0 N–H and O–H groups in total. The van der Waals surface area contributed by atoms with Crippen LogP contribution in [0.5, 0.6) is 5.75 Å². The van der Waals surface area contributed by atoms with Crippen molar-refractivity contribution in [3.8, 4) is 5.75 Å². The van der Waals surface area contributed by atoms with E-state index in [0.717, 1.165) is 0 Å². The van der Waals surface area contributed by atoms with Gasteiger partial charge in [-0.1, -0.05) is 45.9 Å². The second-order valence-electron chi connectivity index (χ2n) is 10.2. The maximum Gasteiger partial charge on any atom is 0.235 e. The first-order valence-electron chi connectivity index (χ1n) is 10.2. The van der Waals surface area contributed by atoms with Crippen LogP contribution in [0.2, 0.25) is 0 Å². The van der Waals surface area contributed by atoms with Crippen molar-refractivity contribution in [1.29, 1.82) is 0 Å². The normalized spacial score (nSPS) is 27.1. The minimum absolute atomic E-state index is 0.0468. The van der Waals surface area contributed by atoms with E-state index in [0.29, 0.717) is 35.5 Å². The summed E-state index contributed by atoms with van der Waals surface area (Å²) in [7, 11) is 1.55. The summed E-state index contributed by atoms with van der Waals surface area (Å²) in [5, 5.41) is 0. The number of hydrogen-bond donors (Lipinski definition) is 0. The minimum Gasteiger partial charge on any atom is -0.496 e. The summed E-state index contributed by atoms with van der Waals surface area (Å²) in [6, 6.07) is 7.29. The lowest BCUT2D eigenvalue weighted by atomic mass is 9.61. The molecule has 1 unspecified atom stereocenters. The van der Waals surface area contributed by atoms with Crippen LogP contribution in [0.4, 0.5) is 0 Å². The Morgan fingerprint density at radius 3 is 2.10 bits per heavy atom. The molecule has 0 amide bonds. The molecule has 2 aliphatic carbocycles. The van der Waals surface area contributed by atoms with Gasteiger partial charge in [0.25, 0.3) is 0 Å². The average Bonchev–Trinajstić information content (AvgIpc) is 2.94. The van der Waals surface area contributed by atoms with Crippen LogP contribution in [-0.2, 0) is 19.1 Å². The number of carbonyl (C=O) groups excluding carboxylic acids is 3. The molecule has 1 aliphatic heterocycles. The van der Waals surface area contributed by atoms with E-state index < -0.39 is 16.9 Å². The number of benzene rings is 1. The predicted octanol–water partition coefficient (Wildman–Crippen LogP) is 4.15. The molecule has 0 aromatic heterocycles. The van der Waals surface area contributed by atoms with Gasteiger partial charge in [-0.05, 0) is 16.9 Å². The highest BCUT2D eigenvalue weighted by Crippen LogP contribution is 2.58. The summed E-state index contributed by atoms with van der Waals surface area (Å²) in [6.45, 7) is 7.86. The topological polar surface area (TPSA) is 69.7 Å². The Hall–Kier alpha value is -2.43. The lowest BCUT2D eigenvalue weighted by Gasteiger charge is -2.41. The molecule has 0 radical (unpaired) electrons. The quantitative estimate of drug-likeness (QED) is 0.703. The van der Waals surface area contributed by atoms with Crippen molar-refractivity contribution in [2.45, 2.75) is 64.9 Å². The highest BCUT2D eigenvalue weighted by molar-refractivity contribution is 6.17. The molecule has 1 fully saturated rings. The molecule has 1 aromatic rings. The van der Waals surface area contributed by atoms with Gasteiger partial charge in [-0.25, -0.2) is 0 Å². The molecular weight excluding hydrogens is 368 g/mol. The van der Waals surface area contributed by atoms with Gasteiger partial charge in [-0.15, -0.1) is 0 Å². The van der Waals surface area contributed by atoms with E-state index >= 15 is 0 Å². The molecule has 3 aliphatic rings. The molecule has 4 rings (SSSR count). The number of para-hydroxylation sites is 1. The molecule has 29 heavy (non-hydrogen) atoms. The summed E-state index contributed by atoms with van der Waals surface area (Å²) in [6.07, 6.45) is 1.38. The summed E-state index contributed by atoms with van der Waals surface area (Å²) >= 11 is 0. The van der Waals surface area contributed by atoms with Crippen molar-refractivity contribution >= 4 is 17.3 Å². The molecule has 1 atom stereocenters. The average molecular weight is 396 g/mol. The molecular formula is C24H28O5. The first-order valence-corrected chi connectivity index (χ1v) is 10.2. The fourth-order valence-electron chi connectivity index (χ4n) is 5.21. The van der Waals surface area contributed by atoms with Crippen LogP contribution in [0.15, 0.2) is 35.6 Å². The molecule has 1 saturated carbocycles. The highest BCUT2D eigenvalue weighted by Gasteiger charge is 2.65. The van der Waals surface area contributed by atoms with Gasteiger partial charge in [0.15, 0.2) is 17.3 Å². The standard InChI is InChI=1S/C24H28O5/c1-22(2)10-15(25)20-17(11-22)29-24(18(26)12-23(3,4)13-19(24)27)21(20)14-8-6-7-9-16(14)28-5/h6-9,21H,10-13H2,1-5H3. The lowest BCUT2D eigenvalue weighted by molar-refractivity contribution is -0.160. The van der Waals surface area contributed by atoms with Crippen LogP contribution in [0.3, 0.4) is 0 Å². The van der Waals surface area contributed by atoms with Crippen LogP contribution >= 0.6 is 0 Å². The Labute approximate surface area is 171 Å². The van der Waals surface area contributed by atoms with Crippen molar-refractivity contribution in [2.75, 3.05) is 7.11 Å². The molecule has 5 heteroatoms. The third-order valence-corrected chi connectivity index (χ3v) is 6.42. The van der Waals surface area contributed by atoms with E-state index in [9.17, 15) is 14.4 Å². The van der Waals surface area contributed by atoms with Crippen LogP contribution < -0.4 is 4.74 Å². The van der Waals surface area contributed by atoms with E-state index in [4.69, 9.17) is 9.47 Å². The Bertz CT molecular complexity index is 930. The second-order valence-corrected chi connectivity index (χ2v) is 10.2. The minimum atomic E-state index is -1.66. The zero-order valence-electron chi connectivity index (χ0n) is 17.8. The summed E-state index contributed by atoms with van der Waals surface area (Å²) in [4.78, 5) is 40.3. The van der Waals surface area contributed by atoms with Gasteiger partial charge in [-0.2, -0.15) is 0 Å². The third-order valence-electron chi connectivity index (χ3n) is 6.42. The molecule has 0 bridgehead atoms. The summed E-state index contributed by atoms with van der Waals surface area (Å²) < 4.78 is 11.8. The van der Waals surface area contributed by atoms with Crippen molar-refractivity contribution in [3.63, 3.8) is 0 Å². The number of ketones is 3. The number of carbonyl (C=O) groups is 3.